The summed E-state index contributed by atoms with van der Waals surface area (Å²) in [5, 5.41) is 11.0. The van der Waals surface area contributed by atoms with Gasteiger partial charge in [0.15, 0.2) is 0 Å². The summed E-state index contributed by atoms with van der Waals surface area (Å²) >= 11 is 1.86. The molecule has 2 unspecified atom stereocenters. The lowest BCUT2D eigenvalue weighted by atomic mass is 9.84. The number of nitrogens with one attached hydrogen (secondary N) is 1. The Morgan fingerprint density at radius 2 is 2.09 bits per heavy atom. The zero-order chi connectivity index (χ0) is 15.7. The molecular weight excluding hydrogens is 301 g/mol. The Morgan fingerprint density at radius 3 is 2.73 bits per heavy atom. The summed E-state index contributed by atoms with van der Waals surface area (Å²) < 4.78 is 13.2. The van der Waals surface area contributed by atoms with Gasteiger partial charge in [0.1, 0.15) is 5.82 Å². The van der Waals surface area contributed by atoms with Crippen molar-refractivity contribution < 1.29 is 14.3 Å². The third-order valence-corrected chi connectivity index (χ3v) is 6.20. The molecule has 3 rings (SSSR count). The highest BCUT2D eigenvalue weighted by Crippen LogP contribution is 2.53. The Morgan fingerprint density at radius 1 is 1.36 bits per heavy atom. The van der Waals surface area contributed by atoms with Crippen molar-refractivity contribution >= 4 is 11.8 Å². The lowest BCUT2D eigenvalue weighted by Crippen LogP contribution is -2.29. The molecule has 2 saturated heterocycles. The smallest absolute Gasteiger partial charge is 0.123 e. The number of aliphatic hydroxyl groups excluding tert-OH is 1. The van der Waals surface area contributed by atoms with E-state index in [0.29, 0.717) is 5.25 Å². The number of aliphatic hydroxyl groups is 1. The van der Waals surface area contributed by atoms with E-state index in [1.807, 2.05) is 23.9 Å². The first-order valence-corrected chi connectivity index (χ1v) is 8.69. The van der Waals surface area contributed by atoms with Crippen molar-refractivity contribution in [3.05, 3.63) is 46.9 Å². The standard InChI is InChI=1S/C17H22FNO2S/c1-3-14(19-21-2)16-13(10-4-6-11(18)7-5-10)8-12-9-15(20)17(16)22-12/h4-7,12-13,15,17,19-20H,3,8-9H2,1-2H3/t12?,13-,15?,17-/m0/s1. The van der Waals surface area contributed by atoms with Crippen molar-refractivity contribution in [2.45, 2.75) is 48.7 Å². The Bertz CT molecular complexity index is 560. The van der Waals surface area contributed by atoms with Gasteiger partial charge in [-0.3, -0.25) is 10.3 Å². The lowest BCUT2D eigenvalue weighted by molar-refractivity contribution is 0.113. The summed E-state index contributed by atoms with van der Waals surface area (Å²) in [7, 11) is 1.60. The highest BCUT2D eigenvalue weighted by atomic mass is 32.2. The first kappa shape index (κ1) is 15.8. The van der Waals surface area contributed by atoms with Gasteiger partial charge in [0.2, 0.25) is 0 Å². The second kappa shape index (κ2) is 6.60. The summed E-state index contributed by atoms with van der Waals surface area (Å²) in [6.07, 6.45) is 2.32. The Labute approximate surface area is 134 Å². The first-order chi connectivity index (χ1) is 10.6. The van der Waals surface area contributed by atoms with Crippen molar-refractivity contribution in [3.8, 4) is 0 Å². The van der Waals surface area contributed by atoms with E-state index in [-0.39, 0.29) is 23.1 Å². The van der Waals surface area contributed by atoms with Crippen LogP contribution in [0.15, 0.2) is 35.5 Å². The molecule has 0 spiro atoms. The molecule has 0 amide bonds. The quantitative estimate of drug-likeness (QED) is 0.834. The summed E-state index contributed by atoms with van der Waals surface area (Å²) in [4.78, 5) is 5.13. The third kappa shape index (κ3) is 2.90. The maximum Gasteiger partial charge on any atom is 0.123 e. The van der Waals surface area contributed by atoms with Crippen LogP contribution < -0.4 is 5.48 Å². The van der Waals surface area contributed by atoms with E-state index in [9.17, 15) is 9.50 Å². The third-order valence-electron chi connectivity index (χ3n) is 4.57. The molecule has 0 aromatic heterocycles. The zero-order valence-electron chi connectivity index (χ0n) is 12.9. The molecule has 22 heavy (non-hydrogen) atoms. The van der Waals surface area contributed by atoms with Crippen molar-refractivity contribution in [1.29, 1.82) is 0 Å². The fourth-order valence-corrected chi connectivity index (χ4v) is 5.39. The summed E-state index contributed by atoms with van der Waals surface area (Å²) in [6.45, 7) is 2.08. The van der Waals surface area contributed by atoms with Crippen LogP contribution in [0, 0.1) is 5.82 Å². The van der Waals surface area contributed by atoms with Crippen LogP contribution in [0.5, 0.6) is 0 Å². The van der Waals surface area contributed by atoms with E-state index in [1.54, 1.807) is 7.11 Å². The van der Waals surface area contributed by atoms with Gasteiger partial charge in [0.05, 0.1) is 18.5 Å². The molecule has 4 atom stereocenters. The maximum atomic E-state index is 13.2. The Kier molecular flexibility index (Phi) is 4.76. The van der Waals surface area contributed by atoms with Gasteiger partial charge in [0.25, 0.3) is 0 Å². The van der Waals surface area contributed by atoms with E-state index in [1.165, 1.54) is 17.7 Å². The van der Waals surface area contributed by atoms with Gasteiger partial charge in [-0.15, -0.1) is 11.8 Å². The number of halogens is 1. The predicted molar refractivity (Wildman–Crippen MR) is 87.0 cm³/mol. The minimum absolute atomic E-state index is 0.103. The SMILES string of the molecule is CCC(NOC)=C1[C@H](c2ccc(F)cc2)CC2CC(O)[C@@H]1S2. The summed E-state index contributed by atoms with van der Waals surface area (Å²) in [5.74, 6) is -0.000183. The van der Waals surface area contributed by atoms with Gasteiger partial charge in [-0.1, -0.05) is 19.1 Å². The van der Waals surface area contributed by atoms with Crippen LogP contribution in [0.1, 0.15) is 37.7 Å². The normalized spacial score (nSPS) is 32.9. The average Bonchev–Trinajstić information content (AvgIpc) is 2.81. The molecule has 5 heteroatoms. The second-order valence-corrected chi connectivity index (χ2v) is 7.36. The molecule has 0 radical (unpaired) electrons. The molecule has 2 fully saturated rings. The fraction of sp³-hybridized carbons (Fsp3) is 0.529. The monoisotopic (exact) mass is 323 g/mol. The van der Waals surface area contributed by atoms with Crippen LogP contribution in [0.2, 0.25) is 0 Å². The molecular formula is C17H22FNO2S. The van der Waals surface area contributed by atoms with E-state index in [4.69, 9.17) is 4.84 Å². The largest absolute Gasteiger partial charge is 0.392 e. The van der Waals surface area contributed by atoms with E-state index in [2.05, 4.69) is 12.4 Å². The van der Waals surface area contributed by atoms with Crippen molar-refractivity contribution in [1.82, 2.24) is 5.48 Å². The second-order valence-electron chi connectivity index (χ2n) is 5.92. The van der Waals surface area contributed by atoms with Crippen LogP contribution in [-0.2, 0) is 4.84 Å². The van der Waals surface area contributed by atoms with Gasteiger partial charge in [-0.2, -0.15) is 0 Å². The molecule has 120 valence electrons. The molecule has 2 aliphatic rings. The maximum absolute atomic E-state index is 13.2. The minimum Gasteiger partial charge on any atom is -0.392 e. The van der Waals surface area contributed by atoms with Crippen LogP contribution in [0.3, 0.4) is 0 Å². The average molecular weight is 323 g/mol. The Balaban J connectivity index is 2.04. The summed E-state index contributed by atoms with van der Waals surface area (Å²) in [6, 6.07) is 6.76. The van der Waals surface area contributed by atoms with Gasteiger partial charge in [-0.05, 0) is 42.5 Å². The molecule has 2 bridgehead atoms. The first-order valence-electron chi connectivity index (χ1n) is 7.75. The Hall–Kier alpha value is -1.04. The summed E-state index contributed by atoms with van der Waals surface area (Å²) in [5.41, 5.74) is 6.36. The van der Waals surface area contributed by atoms with E-state index < -0.39 is 0 Å². The van der Waals surface area contributed by atoms with Crippen LogP contribution in [0.4, 0.5) is 4.39 Å². The van der Waals surface area contributed by atoms with Crippen LogP contribution >= 0.6 is 11.8 Å². The number of rotatable bonds is 4. The molecule has 2 aliphatic heterocycles. The minimum atomic E-state index is -0.310. The molecule has 3 nitrogen and oxygen atoms in total. The van der Waals surface area contributed by atoms with Crippen LogP contribution in [0.25, 0.3) is 0 Å². The number of benzene rings is 1. The molecule has 2 N–H and O–H groups in total. The number of fused-ring (bicyclic) bond motifs is 2. The van der Waals surface area contributed by atoms with Crippen molar-refractivity contribution in [3.63, 3.8) is 0 Å². The zero-order valence-corrected chi connectivity index (χ0v) is 13.7. The molecule has 1 aromatic carbocycles. The van der Waals surface area contributed by atoms with E-state index >= 15 is 0 Å². The molecule has 0 aliphatic carbocycles. The number of allylic oxidation sites excluding steroid dienone is 1. The van der Waals surface area contributed by atoms with E-state index in [0.717, 1.165) is 30.5 Å². The van der Waals surface area contributed by atoms with Gasteiger partial charge in [0, 0.05) is 16.9 Å². The number of thioether (sulfide) groups is 1. The highest BCUT2D eigenvalue weighted by molar-refractivity contribution is 8.01. The topological polar surface area (TPSA) is 41.5 Å². The van der Waals surface area contributed by atoms with Gasteiger partial charge in [-0.25, -0.2) is 4.39 Å². The number of hydroxylamine groups is 1. The number of hydrogen-bond acceptors (Lipinski definition) is 4. The van der Waals surface area contributed by atoms with Gasteiger partial charge >= 0.3 is 0 Å². The van der Waals surface area contributed by atoms with Crippen molar-refractivity contribution in [2.75, 3.05) is 7.11 Å². The van der Waals surface area contributed by atoms with Crippen LogP contribution in [-0.4, -0.2) is 28.8 Å². The highest BCUT2D eigenvalue weighted by Gasteiger charge is 2.45. The van der Waals surface area contributed by atoms with Crippen molar-refractivity contribution in [2.24, 2.45) is 0 Å². The van der Waals surface area contributed by atoms with Gasteiger partial charge < -0.3 is 5.11 Å². The molecule has 0 saturated carbocycles. The lowest BCUT2D eigenvalue weighted by Gasteiger charge is -2.34. The molecule has 2 heterocycles. The number of hydrogen-bond donors (Lipinski definition) is 2. The fourth-order valence-electron chi connectivity index (χ4n) is 3.62. The predicted octanol–water partition coefficient (Wildman–Crippen LogP) is 3.36. The molecule has 1 aromatic rings.